The Morgan fingerprint density at radius 1 is 1.05 bits per heavy atom. The zero-order chi connectivity index (χ0) is 16.1. The average Bonchev–Trinajstić information content (AvgIpc) is 2.47. The molecule has 0 saturated carbocycles. The zero-order valence-corrected chi connectivity index (χ0v) is 11.7. The molecule has 1 atom stereocenters. The normalized spacial score (nSPS) is 11.6. The van der Waals surface area contributed by atoms with E-state index < -0.39 is 29.6 Å². The minimum atomic E-state index is -1.11. The number of anilines is 1. The van der Waals surface area contributed by atoms with E-state index in [0.29, 0.717) is 11.8 Å². The first-order chi connectivity index (χ1) is 10.5. The number of carbonyl (C=O) groups is 2. The predicted octanol–water partition coefficient (Wildman–Crippen LogP) is 3.15. The SMILES string of the molecule is C[C@@H](OC(=O)c1cc(F)cc(F)c1)C(=O)Nc1ccccc1. The molecule has 0 spiro atoms. The Kier molecular flexibility index (Phi) is 4.83. The second kappa shape index (κ2) is 6.80. The van der Waals surface area contributed by atoms with Gasteiger partial charge in [0.1, 0.15) is 11.6 Å². The summed E-state index contributed by atoms with van der Waals surface area (Å²) in [5.41, 5.74) is 0.254. The lowest BCUT2D eigenvalue weighted by atomic mass is 10.2. The van der Waals surface area contributed by atoms with Crippen LogP contribution < -0.4 is 5.32 Å². The Bertz CT molecular complexity index is 669. The summed E-state index contributed by atoms with van der Waals surface area (Å²) in [6, 6.07) is 10.9. The highest BCUT2D eigenvalue weighted by Gasteiger charge is 2.20. The molecule has 114 valence electrons. The smallest absolute Gasteiger partial charge is 0.339 e. The van der Waals surface area contributed by atoms with E-state index in [1.54, 1.807) is 30.3 Å². The zero-order valence-electron chi connectivity index (χ0n) is 11.7. The Balaban J connectivity index is 2.00. The third-order valence-corrected chi connectivity index (χ3v) is 2.79. The Morgan fingerprint density at radius 2 is 1.64 bits per heavy atom. The second-order valence-corrected chi connectivity index (χ2v) is 4.56. The first-order valence-electron chi connectivity index (χ1n) is 6.48. The number of carbonyl (C=O) groups excluding carboxylic acids is 2. The van der Waals surface area contributed by atoms with E-state index in [9.17, 15) is 18.4 Å². The van der Waals surface area contributed by atoms with Crippen molar-refractivity contribution >= 4 is 17.6 Å². The van der Waals surface area contributed by atoms with Crippen LogP contribution in [0.5, 0.6) is 0 Å². The fraction of sp³-hybridized carbons (Fsp3) is 0.125. The van der Waals surface area contributed by atoms with Gasteiger partial charge in [0.15, 0.2) is 6.10 Å². The third kappa shape index (κ3) is 4.12. The first kappa shape index (κ1) is 15.6. The Morgan fingerprint density at radius 3 is 2.23 bits per heavy atom. The van der Waals surface area contributed by atoms with Crippen LogP contribution in [0.2, 0.25) is 0 Å². The highest BCUT2D eigenvalue weighted by molar-refractivity contribution is 5.97. The maximum absolute atomic E-state index is 13.0. The lowest BCUT2D eigenvalue weighted by Gasteiger charge is -2.13. The highest BCUT2D eigenvalue weighted by Crippen LogP contribution is 2.11. The monoisotopic (exact) mass is 305 g/mol. The molecule has 0 aliphatic carbocycles. The van der Waals surface area contributed by atoms with Gasteiger partial charge in [-0.25, -0.2) is 13.6 Å². The molecule has 0 heterocycles. The van der Waals surface area contributed by atoms with Gasteiger partial charge in [0.25, 0.3) is 5.91 Å². The van der Waals surface area contributed by atoms with Crippen molar-refractivity contribution < 1.29 is 23.1 Å². The van der Waals surface area contributed by atoms with E-state index in [0.717, 1.165) is 12.1 Å². The predicted molar refractivity (Wildman–Crippen MR) is 76.3 cm³/mol. The second-order valence-electron chi connectivity index (χ2n) is 4.56. The fourth-order valence-corrected chi connectivity index (χ4v) is 1.72. The lowest BCUT2D eigenvalue weighted by Crippen LogP contribution is -2.30. The van der Waals surface area contributed by atoms with E-state index in [1.165, 1.54) is 6.92 Å². The molecule has 0 aliphatic rings. The van der Waals surface area contributed by atoms with Crippen LogP contribution in [0.25, 0.3) is 0 Å². The number of para-hydroxylation sites is 1. The largest absolute Gasteiger partial charge is 0.449 e. The van der Waals surface area contributed by atoms with Gasteiger partial charge in [-0.3, -0.25) is 4.79 Å². The van der Waals surface area contributed by atoms with E-state index in [2.05, 4.69) is 5.32 Å². The third-order valence-electron chi connectivity index (χ3n) is 2.79. The summed E-state index contributed by atoms with van der Waals surface area (Å²) in [4.78, 5) is 23.7. The van der Waals surface area contributed by atoms with Crippen LogP contribution in [0.15, 0.2) is 48.5 Å². The Labute approximate surface area is 125 Å². The number of rotatable bonds is 4. The van der Waals surface area contributed by atoms with Gasteiger partial charge in [-0.05, 0) is 31.2 Å². The summed E-state index contributed by atoms with van der Waals surface area (Å²) < 4.78 is 31.0. The lowest BCUT2D eigenvalue weighted by molar-refractivity contribution is -0.123. The molecule has 0 fully saturated rings. The maximum Gasteiger partial charge on any atom is 0.339 e. The van der Waals surface area contributed by atoms with Crippen LogP contribution in [-0.2, 0) is 9.53 Å². The summed E-state index contributed by atoms with van der Waals surface area (Å²) in [6.45, 7) is 1.37. The molecule has 0 unspecified atom stereocenters. The van der Waals surface area contributed by atoms with Crippen molar-refractivity contribution in [3.63, 3.8) is 0 Å². The first-order valence-corrected chi connectivity index (χ1v) is 6.48. The summed E-state index contributed by atoms with van der Waals surface area (Å²) >= 11 is 0. The van der Waals surface area contributed by atoms with Gasteiger partial charge in [-0.1, -0.05) is 18.2 Å². The van der Waals surface area contributed by atoms with Crippen LogP contribution in [0.4, 0.5) is 14.5 Å². The van der Waals surface area contributed by atoms with Gasteiger partial charge < -0.3 is 10.1 Å². The number of ether oxygens (including phenoxy) is 1. The molecule has 6 heteroatoms. The highest BCUT2D eigenvalue weighted by atomic mass is 19.1. The standard InChI is InChI=1S/C16H13F2NO3/c1-10(15(20)19-14-5-3-2-4-6-14)22-16(21)11-7-12(17)9-13(18)8-11/h2-10H,1H3,(H,19,20)/t10-/m1/s1. The van der Waals surface area contributed by atoms with Crippen molar-refractivity contribution in [2.75, 3.05) is 5.32 Å². The molecular weight excluding hydrogens is 292 g/mol. The minimum Gasteiger partial charge on any atom is -0.449 e. The summed E-state index contributed by atoms with van der Waals surface area (Å²) in [7, 11) is 0. The number of benzene rings is 2. The molecule has 0 aromatic heterocycles. The summed E-state index contributed by atoms with van der Waals surface area (Å²) in [5, 5.41) is 2.56. The molecule has 2 aromatic carbocycles. The van der Waals surface area contributed by atoms with Crippen molar-refractivity contribution in [1.29, 1.82) is 0 Å². The van der Waals surface area contributed by atoms with Crippen LogP contribution in [0.1, 0.15) is 17.3 Å². The van der Waals surface area contributed by atoms with Crippen molar-refractivity contribution in [3.05, 3.63) is 65.7 Å². The molecule has 2 rings (SSSR count). The molecule has 22 heavy (non-hydrogen) atoms. The van der Waals surface area contributed by atoms with Gasteiger partial charge in [-0.2, -0.15) is 0 Å². The maximum atomic E-state index is 13.0. The van der Waals surface area contributed by atoms with Crippen LogP contribution in [0.3, 0.4) is 0 Å². The molecule has 1 N–H and O–H groups in total. The molecule has 0 saturated heterocycles. The summed E-state index contributed by atoms with van der Waals surface area (Å²) in [5.74, 6) is -3.31. The number of halogens is 2. The van der Waals surface area contributed by atoms with Crippen LogP contribution in [0, 0.1) is 11.6 Å². The molecule has 0 radical (unpaired) electrons. The average molecular weight is 305 g/mol. The number of amides is 1. The van der Waals surface area contributed by atoms with E-state index in [1.807, 2.05) is 0 Å². The molecule has 0 aliphatic heterocycles. The molecular formula is C16H13F2NO3. The van der Waals surface area contributed by atoms with Gasteiger partial charge in [-0.15, -0.1) is 0 Å². The topological polar surface area (TPSA) is 55.4 Å². The van der Waals surface area contributed by atoms with Crippen molar-refractivity contribution in [2.24, 2.45) is 0 Å². The van der Waals surface area contributed by atoms with Crippen molar-refractivity contribution in [3.8, 4) is 0 Å². The molecule has 1 amide bonds. The molecule has 4 nitrogen and oxygen atoms in total. The minimum absolute atomic E-state index is 0.295. The van der Waals surface area contributed by atoms with Crippen LogP contribution in [-0.4, -0.2) is 18.0 Å². The number of hydrogen-bond acceptors (Lipinski definition) is 3. The molecule has 0 bridgehead atoms. The fourth-order valence-electron chi connectivity index (χ4n) is 1.72. The van der Waals surface area contributed by atoms with Gasteiger partial charge in [0.2, 0.25) is 0 Å². The number of hydrogen-bond donors (Lipinski definition) is 1. The van der Waals surface area contributed by atoms with Gasteiger partial charge in [0.05, 0.1) is 5.56 Å². The molecule has 2 aromatic rings. The van der Waals surface area contributed by atoms with E-state index in [-0.39, 0.29) is 5.56 Å². The van der Waals surface area contributed by atoms with E-state index >= 15 is 0 Å². The van der Waals surface area contributed by atoms with Crippen LogP contribution >= 0.6 is 0 Å². The quantitative estimate of drug-likeness (QED) is 0.883. The number of nitrogens with one attached hydrogen (secondary N) is 1. The van der Waals surface area contributed by atoms with Gasteiger partial charge in [0, 0.05) is 11.8 Å². The van der Waals surface area contributed by atoms with Crippen molar-refractivity contribution in [2.45, 2.75) is 13.0 Å². The Hall–Kier alpha value is -2.76. The summed E-state index contributed by atoms with van der Waals surface area (Å²) in [6.07, 6.45) is -1.11. The number of esters is 1. The van der Waals surface area contributed by atoms with E-state index in [4.69, 9.17) is 4.74 Å². The van der Waals surface area contributed by atoms with Gasteiger partial charge >= 0.3 is 5.97 Å². The van der Waals surface area contributed by atoms with Crippen molar-refractivity contribution in [1.82, 2.24) is 0 Å².